The molecule has 0 spiro atoms. The van der Waals surface area contributed by atoms with E-state index < -0.39 is 0 Å². The second-order valence-electron chi connectivity index (χ2n) is 3.21. The molecule has 0 amide bonds. The largest absolute Gasteiger partial charge is 0.320 e. The van der Waals surface area contributed by atoms with Crippen molar-refractivity contribution in [2.75, 3.05) is 0 Å². The molecule has 1 atom stereocenters. The lowest BCUT2D eigenvalue weighted by molar-refractivity contribution is 0.876. The van der Waals surface area contributed by atoms with E-state index in [1.165, 1.54) is 0 Å². The van der Waals surface area contributed by atoms with Crippen molar-refractivity contribution in [1.82, 2.24) is 0 Å². The van der Waals surface area contributed by atoms with Crippen molar-refractivity contribution in [1.29, 1.82) is 0 Å². The van der Waals surface area contributed by atoms with Gasteiger partial charge in [-0.1, -0.05) is 17.7 Å². The molecule has 2 aromatic rings. The van der Waals surface area contributed by atoms with E-state index in [1.54, 1.807) is 11.3 Å². The molecule has 1 heterocycles. The number of rotatable bonds is 2. The fourth-order valence-corrected chi connectivity index (χ4v) is 2.57. The van der Waals surface area contributed by atoms with Crippen LogP contribution in [0.5, 0.6) is 0 Å². The highest BCUT2D eigenvalue weighted by molar-refractivity contribution is 14.1. The molecule has 2 rings (SSSR count). The van der Waals surface area contributed by atoms with Crippen molar-refractivity contribution in [2.24, 2.45) is 5.73 Å². The van der Waals surface area contributed by atoms with Crippen molar-refractivity contribution in [3.8, 4) is 0 Å². The van der Waals surface area contributed by atoms with E-state index in [2.05, 4.69) is 28.0 Å². The highest BCUT2D eigenvalue weighted by Gasteiger charge is 2.10. The molecule has 0 saturated heterocycles. The Kier molecular flexibility index (Phi) is 3.66. The predicted molar refractivity (Wildman–Crippen MR) is 74.5 cm³/mol. The topological polar surface area (TPSA) is 26.0 Å². The summed E-state index contributed by atoms with van der Waals surface area (Å²) in [5.74, 6) is 0. The summed E-state index contributed by atoms with van der Waals surface area (Å²) in [6.45, 7) is 0. The average molecular weight is 350 g/mol. The Morgan fingerprint density at radius 2 is 2.07 bits per heavy atom. The minimum Gasteiger partial charge on any atom is -0.320 e. The first-order valence-corrected chi connectivity index (χ1v) is 6.81. The smallest absolute Gasteiger partial charge is 0.0560 e. The Balaban J connectivity index is 2.34. The van der Waals surface area contributed by atoms with E-state index in [-0.39, 0.29) is 6.04 Å². The normalized spacial score (nSPS) is 12.7. The highest BCUT2D eigenvalue weighted by Crippen LogP contribution is 2.26. The lowest BCUT2D eigenvalue weighted by Gasteiger charge is -2.11. The van der Waals surface area contributed by atoms with Gasteiger partial charge in [-0.15, -0.1) is 0 Å². The summed E-state index contributed by atoms with van der Waals surface area (Å²) in [6.07, 6.45) is 0. The molecule has 4 heteroatoms. The summed E-state index contributed by atoms with van der Waals surface area (Å²) in [6, 6.07) is 7.92. The number of halogens is 2. The van der Waals surface area contributed by atoms with Crippen molar-refractivity contribution in [2.45, 2.75) is 6.04 Å². The monoisotopic (exact) mass is 349 g/mol. The van der Waals surface area contributed by atoms with Crippen LogP contribution in [0.15, 0.2) is 35.0 Å². The van der Waals surface area contributed by atoms with E-state index in [4.69, 9.17) is 17.3 Å². The molecule has 0 radical (unpaired) electrons. The summed E-state index contributed by atoms with van der Waals surface area (Å²) in [5.41, 5.74) is 8.32. The third kappa shape index (κ3) is 2.53. The van der Waals surface area contributed by atoms with Gasteiger partial charge in [-0.25, -0.2) is 0 Å². The minimum absolute atomic E-state index is 0.0780. The molecule has 0 fully saturated rings. The van der Waals surface area contributed by atoms with Crippen LogP contribution in [0.25, 0.3) is 0 Å². The summed E-state index contributed by atoms with van der Waals surface area (Å²) in [5, 5.41) is 4.86. The zero-order valence-electron chi connectivity index (χ0n) is 7.78. The van der Waals surface area contributed by atoms with Gasteiger partial charge in [0.25, 0.3) is 0 Å². The Morgan fingerprint density at radius 1 is 1.27 bits per heavy atom. The van der Waals surface area contributed by atoms with Gasteiger partial charge in [0, 0.05) is 3.57 Å². The van der Waals surface area contributed by atoms with Gasteiger partial charge in [-0.05, 0) is 62.7 Å². The second-order valence-corrected chi connectivity index (χ2v) is 5.56. The summed E-state index contributed by atoms with van der Waals surface area (Å²) >= 11 is 9.92. The van der Waals surface area contributed by atoms with Crippen LogP contribution in [0.4, 0.5) is 0 Å². The van der Waals surface area contributed by atoms with Crippen LogP contribution >= 0.6 is 45.5 Å². The number of hydrogen-bond acceptors (Lipinski definition) is 2. The van der Waals surface area contributed by atoms with Crippen molar-refractivity contribution < 1.29 is 0 Å². The zero-order valence-corrected chi connectivity index (χ0v) is 11.5. The highest BCUT2D eigenvalue weighted by atomic mass is 127. The molecule has 1 nitrogen and oxygen atoms in total. The van der Waals surface area contributed by atoms with Crippen LogP contribution < -0.4 is 5.73 Å². The summed E-state index contributed by atoms with van der Waals surface area (Å²) < 4.78 is 1.05. The van der Waals surface area contributed by atoms with Gasteiger partial charge in [0.05, 0.1) is 11.1 Å². The molecule has 1 aromatic carbocycles. The zero-order chi connectivity index (χ0) is 10.8. The fraction of sp³-hybridized carbons (Fsp3) is 0.0909. The third-order valence-corrected chi connectivity index (χ3v) is 4.48. The molecule has 78 valence electrons. The number of thiophene rings is 1. The molecule has 0 bridgehead atoms. The van der Waals surface area contributed by atoms with Gasteiger partial charge in [-0.3, -0.25) is 0 Å². The maximum absolute atomic E-state index is 6.13. The number of nitrogens with two attached hydrogens (primary N) is 1. The summed E-state index contributed by atoms with van der Waals surface area (Å²) in [4.78, 5) is 0. The van der Waals surface area contributed by atoms with Crippen LogP contribution in [0.2, 0.25) is 5.02 Å². The minimum atomic E-state index is -0.0780. The first-order valence-electron chi connectivity index (χ1n) is 4.41. The molecule has 0 aliphatic heterocycles. The lowest BCUT2D eigenvalue weighted by Crippen LogP contribution is -2.10. The van der Waals surface area contributed by atoms with Crippen LogP contribution in [0, 0.1) is 3.57 Å². The van der Waals surface area contributed by atoms with E-state index in [0.717, 1.165) is 19.7 Å². The van der Waals surface area contributed by atoms with Crippen LogP contribution in [-0.4, -0.2) is 0 Å². The van der Waals surface area contributed by atoms with Gasteiger partial charge in [0.1, 0.15) is 0 Å². The molecule has 1 aromatic heterocycles. The van der Waals surface area contributed by atoms with Gasteiger partial charge in [-0.2, -0.15) is 11.3 Å². The quantitative estimate of drug-likeness (QED) is 0.813. The first-order chi connectivity index (χ1) is 7.18. The number of hydrogen-bond donors (Lipinski definition) is 1. The Labute approximate surface area is 111 Å². The standard InChI is InChI=1S/C11H9ClINS/c12-9-5-7(1-2-10(9)13)11(14)8-3-4-15-6-8/h1-6,11H,14H2. The summed E-state index contributed by atoms with van der Waals surface area (Å²) in [7, 11) is 0. The van der Waals surface area contributed by atoms with Crippen molar-refractivity contribution in [3.63, 3.8) is 0 Å². The van der Waals surface area contributed by atoms with Crippen LogP contribution in [-0.2, 0) is 0 Å². The van der Waals surface area contributed by atoms with E-state index in [9.17, 15) is 0 Å². The van der Waals surface area contributed by atoms with Gasteiger partial charge >= 0.3 is 0 Å². The molecule has 15 heavy (non-hydrogen) atoms. The molecule has 2 N–H and O–H groups in total. The molecule has 0 aliphatic carbocycles. The molecule has 0 aliphatic rings. The van der Waals surface area contributed by atoms with E-state index in [0.29, 0.717) is 0 Å². The van der Waals surface area contributed by atoms with Crippen molar-refractivity contribution >= 4 is 45.5 Å². The third-order valence-electron chi connectivity index (χ3n) is 2.21. The molecular weight excluding hydrogens is 341 g/mol. The SMILES string of the molecule is NC(c1ccsc1)c1ccc(I)c(Cl)c1. The second kappa shape index (κ2) is 4.82. The van der Waals surface area contributed by atoms with E-state index in [1.807, 2.05) is 29.6 Å². The molecule has 1 unspecified atom stereocenters. The first kappa shape index (κ1) is 11.4. The van der Waals surface area contributed by atoms with Crippen LogP contribution in [0.1, 0.15) is 17.2 Å². The van der Waals surface area contributed by atoms with Gasteiger partial charge < -0.3 is 5.73 Å². The van der Waals surface area contributed by atoms with Gasteiger partial charge in [0.2, 0.25) is 0 Å². The number of benzene rings is 1. The predicted octanol–water partition coefficient (Wildman–Crippen LogP) is 4.05. The maximum Gasteiger partial charge on any atom is 0.0560 e. The lowest BCUT2D eigenvalue weighted by atomic mass is 10.0. The Bertz CT molecular complexity index is 456. The van der Waals surface area contributed by atoms with E-state index >= 15 is 0 Å². The van der Waals surface area contributed by atoms with Crippen molar-refractivity contribution in [3.05, 3.63) is 54.7 Å². The van der Waals surface area contributed by atoms with Crippen LogP contribution in [0.3, 0.4) is 0 Å². The Hall–Kier alpha value is -0.100. The fourth-order valence-electron chi connectivity index (χ4n) is 1.35. The maximum atomic E-state index is 6.13. The molecule has 0 saturated carbocycles. The molecular formula is C11H9ClINS. The average Bonchev–Trinajstić information content (AvgIpc) is 2.74. The Morgan fingerprint density at radius 3 is 2.67 bits per heavy atom. The van der Waals surface area contributed by atoms with Gasteiger partial charge in [0.15, 0.2) is 0 Å².